The molecule has 0 amide bonds. The van der Waals surface area contributed by atoms with E-state index in [4.69, 9.17) is 9.84 Å². The predicted molar refractivity (Wildman–Crippen MR) is 46.5 cm³/mol. The average Bonchev–Trinajstić information content (AvgIpc) is 2.12. The zero-order valence-electron chi connectivity index (χ0n) is 6.77. The summed E-state index contributed by atoms with van der Waals surface area (Å²) in [6.07, 6.45) is 0. The molecule has 0 radical (unpaired) electrons. The van der Waals surface area contributed by atoms with Crippen molar-refractivity contribution >= 4 is 15.9 Å². The van der Waals surface area contributed by atoms with Crippen LogP contribution in [-0.2, 0) is 6.61 Å². The first-order valence-electron chi connectivity index (χ1n) is 3.43. The van der Waals surface area contributed by atoms with E-state index in [2.05, 4.69) is 15.9 Å². The fourth-order valence-corrected chi connectivity index (χ4v) is 1.42. The van der Waals surface area contributed by atoms with Crippen LogP contribution in [0.25, 0.3) is 0 Å². The van der Waals surface area contributed by atoms with Crippen LogP contribution in [-0.4, -0.2) is 12.2 Å². The number of hydrogen-bond acceptors (Lipinski definition) is 2. The first-order valence-corrected chi connectivity index (χ1v) is 4.22. The highest BCUT2D eigenvalue weighted by atomic mass is 79.9. The number of hydrogen-bond donors (Lipinski definition) is 1. The van der Waals surface area contributed by atoms with Crippen LogP contribution in [0.15, 0.2) is 10.5 Å². The van der Waals surface area contributed by atoms with Crippen molar-refractivity contribution in [3.8, 4) is 5.75 Å². The van der Waals surface area contributed by atoms with Crippen LogP contribution >= 0.6 is 15.9 Å². The Labute approximate surface area is 82.3 Å². The minimum absolute atomic E-state index is 0.0143. The number of aliphatic hydroxyl groups is 1. The molecule has 0 atom stereocenters. The van der Waals surface area contributed by atoms with Gasteiger partial charge in [0.05, 0.1) is 23.8 Å². The van der Waals surface area contributed by atoms with Gasteiger partial charge in [0.25, 0.3) is 0 Å². The number of ether oxygens (including phenoxy) is 1. The lowest BCUT2D eigenvalue weighted by molar-refractivity contribution is 0.267. The third-order valence-corrected chi connectivity index (χ3v) is 2.34. The molecule has 0 unspecified atom stereocenters. The summed E-state index contributed by atoms with van der Waals surface area (Å²) >= 11 is 2.89. The lowest BCUT2D eigenvalue weighted by Crippen LogP contribution is -1.98. The van der Waals surface area contributed by atoms with Crippen LogP contribution in [0.3, 0.4) is 0 Å². The summed E-state index contributed by atoms with van der Waals surface area (Å²) in [6, 6.07) is 1.01. The first-order chi connectivity index (χ1) is 6.11. The van der Waals surface area contributed by atoms with E-state index in [0.717, 1.165) is 6.07 Å². The Morgan fingerprint density at radius 3 is 2.62 bits per heavy atom. The van der Waals surface area contributed by atoms with Crippen molar-refractivity contribution in [1.82, 2.24) is 0 Å². The summed E-state index contributed by atoms with van der Waals surface area (Å²) in [4.78, 5) is 0. The molecule has 5 heteroatoms. The topological polar surface area (TPSA) is 29.5 Å². The Morgan fingerprint density at radius 1 is 1.54 bits per heavy atom. The summed E-state index contributed by atoms with van der Waals surface area (Å²) in [5.41, 5.74) is -0.368. The normalized spacial score (nSPS) is 10.2. The molecule has 0 bridgehead atoms. The van der Waals surface area contributed by atoms with E-state index in [0.29, 0.717) is 0 Å². The third kappa shape index (κ3) is 1.81. The van der Waals surface area contributed by atoms with Gasteiger partial charge in [0.2, 0.25) is 0 Å². The molecule has 13 heavy (non-hydrogen) atoms. The van der Waals surface area contributed by atoms with E-state index >= 15 is 0 Å². The Kier molecular flexibility index (Phi) is 3.22. The van der Waals surface area contributed by atoms with Gasteiger partial charge in [-0.05, 0) is 15.9 Å². The third-order valence-electron chi connectivity index (χ3n) is 1.60. The quantitative estimate of drug-likeness (QED) is 0.819. The van der Waals surface area contributed by atoms with Crippen molar-refractivity contribution in [2.75, 3.05) is 7.11 Å². The molecule has 2 nitrogen and oxygen atoms in total. The molecule has 0 fully saturated rings. The minimum Gasteiger partial charge on any atom is -0.495 e. The monoisotopic (exact) mass is 252 g/mol. The predicted octanol–water partition coefficient (Wildman–Crippen LogP) is 2.23. The Hall–Kier alpha value is -0.680. The van der Waals surface area contributed by atoms with Gasteiger partial charge >= 0.3 is 0 Å². The van der Waals surface area contributed by atoms with Gasteiger partial charge in [-0.15, -0.1) is 0 Å². The minimum atomic E-state index is -0.834. The lowest BCUT2D eigenvalue weighted by atomic mass is 10.2. The van der Waals surface area contributed by atoms with Crippen LogP contribution in [0, 0.1) is 11.6 Å². The van der Waals surface area contributed by atoms with Gasteiger partial charge in [-0.2, -0.15) is 0 Å². The van der Waals surface area contributed by atoms with Crippen molar-refractivity contribution in [2.24, 2.45) is 0 Å². The molecule has 0 saturated carbocycles. The number of aliphatic hydroxyl groups excluding tert-OH is 1. The SMILES string of the molecule is COc1cc(F)c(CO)c(F)c1Br. The molecule has 0 aliphatic heterocycles. The molecule has 72 valence electrons. The maximum atomic E-state index is 13.2. The molecule has 0 heterocycles. The maximum absolute atomic E-state index is 13.2. The summed E-state index contributed by atoms with van der Waals surface area (Å²) in [7, 11) is 1.30. The highest BCUT2D eigenvalue weighted by Crippen LogP contribution is 2.31. The van der Waals surface area contributed by atoms with E-state index in [1.807, 2.05) is 0 Å². The van der Waals surface area contributed by atoms with Crippen LogP contribution in [0.2, 0.25) is 0 Å². The van der Waals surface area contributed by atoms with Gasteiger partial charge in [0, 0.05) is 6.07 Å². The molecule has 1 rings (SSSR count). The second-order valence-corrected chi connectivity index (χ2v) is 3.12. The molecule has 0 aliphatic rings. The molecular weight excluding hydrogens is 246 g/mol. The fraction of sp³-hybridized carbons (Fsp3) is 0.250. The van der Waals surface area contributed by atoms with Gasteiger partial charge in [0.1, 0.15) is 17.4 Å². The van der Waals surface area contributed by atoms with Gasteiger partial charge in [0.15, 0.2) is 0 Å². The molecule has 0 aromatic heterocycles. The Morgan fingerprint density at radius 2 is 2.15 bits per heavy atom. The van der Waals surface area contributed by atoms with Crippen molar-refractivity contribution in [3.05, 3.63) is 27.7 Å². The van der Waals surface area contributed by atoms with E-state index in [9.17, 15) is 8.78 Å². The van der Waals surface area contributed by atoms with Crippen molar-refractivity contribution in [1.29, 1.82) is 0 Å². The lowest BCUT2D eigenvalue weighted by Gasteiger charge is -2.07. The zero-order chi connectivity index (χ0) is 10.0. The van der Waals surface area contributed by atoms with E-state index in [1.165, 1.54) is 7.11 Å². The summed E-state index contributed by atoms with van der Waals surface area (Å²) < 4.78 is 30.9. The highest BCUT2D eigenvalue weighted by Gasteiger charge is 2.16. The van der Waals surface area contributed by atoms with Gasteiger partial charge in [-0.3, -0.25) is 0 Å². The molecule has 0 spiro atoms. The average molecular weight is 253 g/mol. The molecule has 1 N–H and O–H groups in total. The van der Waals surface area contributed by atoms with Crippen molar-refractivity contribution < 1.29 is 18.6 Å². The largest absolute Gasteiger partial charge is 0.495 e. The second kappa shape index (κ2) is 4.02. The van der Waals surface area contributed by atoms with Crippen LogP contribution in [0.4, 0.5) is 8.78 Å². The molecular formula is C8H7BrF2O2. The number of rotatable bonds is 2. The van der Waals surface area contributed by atoms with E-state index in [-0.39, 0.29) is 15.8 Å². The highest BCUT2D eigenvalue weighted by molar-refractivity contribution is 9.10. The van der Waals surface area contributed by atoms with Crippen LogP contribution < -0.4 is 4.74 Å². The number of halogens is 3. The molecule has 0 saturated heterocycles. The Bertz CT molecular complexity index is 328. The second-order valence-electron chi connectivity index (χ2n) is 2.33. The van der Waals surface area contributed by atoms with Crippen molar-refractivity contribution in [3.63, 3.8) is 0 Å². The number of methoxy groups -OCH3 is 1. The summed E-state index contributed by atoms with van der Waals surface area (Å²) in [6.45, 7) is -0.680. The summed E-state index contributed by atoms with van der Waals surface area (Å²) in [5.74, 6) is -1.59. The van der Waals surface area contributed by atoms with Crippen LogP contribution in [0.1, 0.15) is 5.56 Å². The maximum Gasteiger partial charge on any atom is 0.149 e. The van der Waals surface area contributed by atoms with Gasteiger partial charge < -0.3 is 9.84 Å². The molecule has 1 aromatic carbocycles. The number of benzene rings is 1. The van der Waals surface area contributed by atoms with Crippen LogP contribution in [0.5, 0.6) is 5.75 Å². The van der Waals surface area contributed by atoms with Gasteiger partial charge in [-0.1, -0.05) is 0 Å². The Balaban J connectivity index is 3.37. The van der Waals surface area contributed by atoms with E-state index < -0.39 is 18.2 Å². The molecule has 1 aromatic rings. The molecule has 0 aliphatic carbocycles. The smallest absolute Gasteiger partial charge is 0.149 e. The standard InChI is InChI=1S/C8H7BrF2O2/c1-13-6-2-5(10)4(3-12)8(11)7(6)9/h2,12H,3H2,1H3. The zero-order valence-corrected chi connectivity index (χ0v) is 8.36. The summed E-state index contributed by atoms with van der Waals surface area (Å²) in [5, 5.41) is 8.65. The first kappa shape index (κ1) is 10.4. The van der Waals surface area contributed by atoms with Crippen molar-refractivity contribution in [2.45, 2.75) is 6.61 Å². The van der Waals surface area contributed by atoms with Gasteiger partial charge in [-0.25, -0.2) is 8.78 Å². The fourth-order valence-electron chi connectivity index (χ4n) is 0.905. The van der Waals surface area contributed by atoms with E-state index in [1.54, 1.807) is 0 Å².